The van der Waals surface area contributed by atoms with Gasteiger partial charge in [-0.2, -0.15) is 0 Å². The standard InChI is InChI=1S/C18H32N6O2/c1-5-19-18(21-15-8-6-14(7-9-15)13(2)3)20-10-16-11-24(23-22-16)12-17(25)26-4/h11,13-15H,5-10,12H2,1-4H3,(H2,19,20,21). The molecule has 1 aliphatic carbocycles. The highest BCUT2D eigenvalue weighted by Crippen LogP contribution is 2.29. The third kappa shape index (κ3) is 6.31. The summed E-state index contributed by atoms with van der Waals surface area (Å²) < 4.78 is 6.09. The molecule has 0 bridgehead atoms. The van der Waals surface area contributed by atoms with Crippen molar-refractivity contribution in [2.24, 2.45) is 16.8 Å². The summed E-state index contributed by atoms with van der Waals surface area (Å²) in [5.41, 5.74) is 0.717. The molecule has 2 rings (SSSR count). The Hall–Kier alpha value is -2.12. The fourth-order valence-electron chi connectivity index (χ4n) is 3.29. The van der Waals surface area contributed by atoms with Gasteiger partial charge in [-0.15, -0.1) is 5.10 Å². The Balaban J connectivity index is 1.87. The lowest BCUT2D eigenvalue weighted by Crippen LogP contribution is -2.45. The SMILES string of the molecule is CCNC(=NCc1cn(CC(=O)OC)nn1)NC1CCC(C(C)C)CC1. The summed E-state index contributed by atoms with van der Waals surface area (Å²) in [6, 6.07) is 0.470. The van der Waals surface area contributed by atoms with Gasteiger partial charge >= 0.3 is 5.97 Å². The summed E-state index contributed by atoms with van der Waals surface area (Å²) in [7, 11) is 1.35. The Morgan fingerprint density at radius 3 is 2.73 bits per heavy atom. The lowest BCUT2D eigenvalue weighted by atomic mass is 9.80. The van der Waals surface area contributed by atoms with Crippen LogP contribution in [0.5, 0.6) is 0 Å². The van der Waals surface area contributed by atoms with Gasteiger partial charge in [0.2, 0.25) is 0 Å². The molecular formula is C18H32N6O2. The fraction of sp³-hybridized carbons (Fsp3) is 0.778. The van der Waals surface area contributed by atoms with E-state index in [1.165, 1.54) is 37.5 Å². The third-order valence-electron chi connectivity index (χ3n) is 4.90. The minimum absolute atomic E-state index is 0.0601. The molecule has 1 fully saturated rings. The topological polar surface area (TPSA) is 93.4 Å². The molecule has 1 saturated carbocycles. The van der Waals surface area contributed by atoms with Crippen LogP contribution in [0.15, 0.2) is 11.2 Å². The Kier molecular flexibility index (Phi) is 7.87. The average molecular weight is 364 g/mol. The van der Waals surface area contributed by atoms with Crippen LogP contribution in [0.1, 0.15) is 52.1 Å². The highest BCUT2D eigenvalue weighted by Gasteiger charge is 2.23. The Morgan fingerprint density at radius 1 is 1.38 bits per heavy atom. The molecule has 0 atom stereocenters. The predicted molar refractivity (Wildman–Crippen MR) is 101 cm³/mol. The van der Waals surface area contributed by atoms with E-state index in [1.54, 1.807) is 6.20 Å². The van der Waals surface area contributed by atoms with Gasteiger partial charge in [0.05, 0.1) is 19.9 Å². The fourth-order valence-corrected chi connectivity index (χ4v) is 3.29. The van der Waals surface area contributed by atoms with Crippen LogP contribution in [0.3, 0.4) is 0 Å². The van der Waals surface area contributed by atoms with E-state index in [1.807, 2.05) is 0 Å². The van der Waals surface area contributed by atoms with Crippen LogP contribution in [0.4, 0.5) is 0 Å². The number of esters is 1. The minimum atomic E-state index is -0.350. The van der Waals surface area contributed by atoms with Crippen molar-refractivity contribution < 1.29 is 9.53 Å². The number of carbonyl (C=O) groups is 1. The third-order valence-corrected chi connectivity index (χ3v) is 4.90. The van der Waals surface area contributed by atoms with Crippen LogP contribution in [-0.4, -0.2) is 46.6 Å². The molecule has 2 N–H and O–H groups in total. The summed E-state index contributed by atoms with van der Waals surface area (Å²) in [5.74, 6) is 2.07. The Morgan fingerprint density at radius 2 is 2.12 bits per heavy atom. The zero-order valence-electron chi connectivity index (χ0n) is 16.4. The number of aliphatic imine (C=N–C) groups is 1. The van der Waals surface area contributed by atoms with E-state index < -0.39 is 0 Å². The maximum absolute atomic E-state index is 11.3. The van der Waals surface area contributed by atoms with Gasteiger partial charge in [0.25, 0.3) is 0 Å². The first-order valence-corrected chi connectivity index (χ1v) is 9.52. The summed E-state index contributed by atoms with van der Waals surface area (Å²) >= 11 is 0. The number of ether oxygens (including phenoxy) is 1. The molecule has 1 aliphatic rings. The van der Waals surface area contributed by atoms with Gasteiger partial charge in [-0.3, -0.25) is 4.79 Å². The zero-order valence-corrected chi connectivity index (χ0v) is 16.4. The molecule has 0 radical (unpaired) electrons. The summed E-state index contributed by atoms with van der Waals surface area (Å²) in [6.45, 7) is 7.97. The number of hydrogen-bond donors (Lipinski definition) is 2. The first kappa shape index (κ1) is 20.2. The van der Waals surface area contributed by atoms with Gasteiger partial charge in [-0.1, -0.05) is 19.1 Å². The molecule has 0 saturated heterocycles. The number of aromatic nitrogens is 3. The Bertz CT molecular complexity index is 590. The average Bonchev–Trinajstić information content (AvgIpc) is 3.07. The quantitative estimate of drug-likeness (QED) is 0.435. The molecule has 1 heterocycles. The highest BCUT2D eigenvalue weighted by atomic mass is 16.5. The number of methoxy groups -OCH3 is 1. The second-order valence-corrected chi connectivity index (χ2v) is 7.18. The number of hydrogen-bond acceptors (Lipinski definition) is 5. The van der Waals surface area contributed by atoms with E-state index in [-0.39, 0.29) is 12.5 Å². The van der Waals surface area contributed by atoms with Crippen LogP contribution in [-0.2, 0) is 22.6 Å². The number of nitrogens with one attached hydrogen (secondary N) is 2. The normalized spacial score (nSPS) is 20.9. The van der Waals surface area contributed by atoms with Crippen LogP contribution in [0.2, 0.25) is 0 Å². The van der Waals surface area contributed by atoms with Gasteiger partial charge in [0, 0.05) is 12.6 Å². The monoisotopic (exact) mass is 364 g/mol. The molecule has 1 aromatic heterocycles. The molecular weight excluding hydrogens is 332 g/mol. The summed E-state index contributed by atoms with van der Waals surface area (Å²) in [5, 5.41) is 14.8. The van der Waals surface area contributed by atoms with E-state index in [2.05, 4.69) is 51.4 Å². The summed E-state index contributed by atoms with van der Waals surface area (Å²) in [4.78, 5) is 15.9. The van der Waals surface area contributed by atoms with Gasteiger partial charge in [0.15, 0.2) is 5.96 Å². The van der Waals surface area contributed by atoms with Gasteiger partial charge in [0.1, 0.15) is 12.2 Å². The van der Waals surface area contributed by atoms with Crippen LogP contribution >= 0.6 is 0 Å². The highest BCUT2D eigenvalue weighted by molar-refractivity contribution is 5.80. The maximum atomic E-state index is 11.3. The second kappa shape index (κ2) is 10.1. The first-order chi connectivity index (χ1) is 12.5. The maximum Gasteiger partial charge on any atom is 0.327 e. The number of nitrogens with zero attached hydrogens (tertiary/aromatic N) is 4. The number of guanidine groups is 1. The van der Waals surface area contributed by atoms with Crippen molar-refractivity contribution in [2.45, 2.75) is 65.6 Å². The molecule has 8 nitrogen and oxygen atoms in total. The molecule has 0 aromatic carbocycles. The van der Waals surface area contributed by atoms with Crippen molar-refractivity contribution in [1.29, 1.82) is 0 Å². The lowest BCUT2D eigenvalue weighted by molar-refractivity contribution is -0.141. The summed E-state index contributed by atoms with van der Waals surface area (Å²) in [6.07, 6.45) is 6.64. The van der Waals surface area contributed by atoms with E-state index in [4.69, 9.17) is 0 Å². The first-order valence-electron chi connectivity index (χ1n) is 9.52. The van der Waals surface area contributed by atoms with Crippen LogP contribution in [0, 0.1) is 11.8 Å². The molecule has 8 heteroatoms. The zero-order chi connectivity index (χ0) is 18.9. The van der Waals surface area contributed by atoms with Crippen molar-refractivity contribution in [3.8, 4) is 0 Å². The van der Waals surface area contributed by atoms with Crippen molar-refractivity contribution in [2.75, 3.05) is 13.7 Å². The van der Waals surface area contributed by atoms with Crippen LogP contribution < -0.4 is 10.6 Å². The van der Waals surface area contributed by atoms with Crippen molar-refractivity contribution in [3.05, 3.63) is 11.9 Å². The van der Waals surface area contributed by atoms with Gasteiger partial charge in [-0.05, 0) is 44.4 Å². The van der Waals surface area contributed by atoms with Crippen molar-refractivity contribution in [3.63, 3.8) is 0 Å². The largest absolute Gasteiger partial charge is 0.468 e. The van der Waals surface area contributed by atoms with E-state index in [0.29, 0.717) is 12.6 Å². The van der Waals surface area contributed by atoms with E-state index in [0.717, 1.165) is 30.0 Å². The van der Waals surface area contributed by atoms with Crippen molar-refractivity contribution in [1.82, 2.24) is 25.6 Å². The molecule has 146 valence electrons. The smallest absolute Gasteiger partial charge is 0.327 e. The van der Waals surface area contributed by atoms with Crippen LogP contribution in [0.25, 0.3) is 0 Å². The molecule has 1 aromatic rings. The van der Waals surface area contributed by atoms with Gasteiger partial charge in [-0.25, -0.2) is 9.67 Å². The predicted octanol–water partition coefficient (Wildman–Crippen LogP) is 1.72. The molecule has 0 amide bonds. The number of carbonyl (C=O) groups excluding carboxylic acids is 1. The number of rotatable bonds is 7. The Labute approximate surface area is 155 Å². The van der Waals surface area contributed by atoms with E-state index >= 15 is 0 Å². The van der Waals surface area contributed by atoms with E-state index in [9.17, 15) is 4.79 Å². The lowest BCUT2D eigenvalue weighted by Gasteiger charge is -2.32. The molecule has 0 unspecified atom stereocenters. The molecule has 26 heavy (non-hydrogen) atoms. The molecule has 0 spiro atoms. The minimum Gasteiger partial charge on any atom is -0.468 e. The second-order valence-electron chi connectivity index (χ2n) is 7.18. The molecule has 0 aliphatic heterocycles. The van der Waals surface area contributed by atoms with Crippen molar-refractivity contribution >= 4 is 11.9 Å². The van der Waals surface area contributed by atoms with Gasteiger partial charge < -0.3 is 15.4 Å².